The standard InChI is InChI=1S/C10H14O/c1-3-10(11-4-2)8-6-5-7-9-10/h4-8H,2-3,9H2,1H3. The smallest absolute Gasteiger partial charge is 0.130 e. The van der Waals surface area contributed by atoms with Crippen molar-refractivity contribution in [3.63, 3.8) is 0 Å². The number of allylic oxidation sites excluding steroid dienone is 2. The first kappa shape index (κ1) is 8.12. The molecule has 0 spiro atoms. The fourth-order valence-electron chi connectivity index (χ4n) is 1.24. The third-order valence-electron chi connectivity index (χ3n) is 2.03. The maximum absolute atomic E-state index is 5.45. The fraction of sp³-hybridized carbons (Fsp3) is 0.400. The van der Waals surface area contributed by atoms with Crippen LogP contribution in [-0.4, -0.2) is 5.60 Å². The van der Waals surface area contributed by atoms with Gasteiger partial charge in [0.05, 0.1) is 6.26 Å². The molecule has 0 bridgehead atoms. The van der Waals surface area contributed by atoms with E-state index in [1.54, 1.807) is 0 Å². The normalized spacial score (nSPS) is 28.5. The minimum Gasteiger partial charge on any atom is -0.491 e. The molecule has 1 rings (SSSR count). The van der Waals surface area contributed by atoms with Crippen molar-refractivity contribution in [2.45, 2.75) is 25.4 Å². The summed E-state index contributed by atoms with van der Waals surface area (Å²) in [5.74, 6) is 0. The first-order valence-electron chi connectivity index (χ1n) is 3.96. The zero-order valence-electron chi connectivity index (χ0n) is 6.92. The van der Waals surface area contributed by atoms with E-state index in [0.717, 1.165) is 12.8 Å². The van der Waals surface area contributed by atoms with Gasteiger partial charge < -0.3 is 4.74 Å². The third kappa shape index (κ3) is 1.73. The van der Waals surface area contributed by atoms with Crippen LogP contribution in [0, 0.1) is 0 Å². The average molecular weight is 150 g/mol. The molecule has 1 nitrogen and oxygen atoms in total. The molecule has 0 saturated heterocycles. The largest absolute Gasteiger partial charge is 0.491 e. The Labute approximate surface area is 68.1 Å². The molecular weight excluding hydrogens is 136 g/mol. The summed E-state index contributed by atoms with van der Waals surface area (Å²) in [6.07, 6.45) is 11.7. The number of hydrogen-bond donors (Lipinski definition) is 0. The molecule has 0 aromatic heterocycles. The lowest BCUT2D eigenvalue weighted by atomic mass is 9.92. The summed E-state index contributed by atoms with van der Waals surface area (Å²) < 4.78 is 5.45. The topological polar surface area (TPSA) is 9.23 Å². The molecule has 1 aliphatic carbocycles. The second kappa shape index (κ2) is 3.42. The molecule has 0 N–H and O–H groups in total. The highest BCUT2D eigenvalue weighted by Gasteiger charge is 2.24. The van der Waals surface area contributed by atoms with Gasteiger partial charge in [0.25, 0.3) is 0 Å². The summed E-state index contributed by atoms with van der Waals surface area (Å²) in [6.45, 7) is 5.69. The Morgan fingerprint density at radius 3 is 2.91 bits per heavy atom. The van der Waals surface area contributed by atoms with Crippen LogP contribution in [-0.2, 0) is 4.74 Å². The molecular formula is C10H14O. The molecule has 0 aromatic carbocycles. The second-order valence-electron chi connectivity index (χ2n) is 2.69. The molecule has 60 valence electrons. The van der Waals surface area contributed by atoms with Gasteiger partial charge >= 0.3 is 0 Å². The quantitative estimate of drug-likeness (QED) is 0.562. The van der Waals surface area contributed by atoms with Crippen LogP contribution >= 0.6 is 0 Å². The highest BCUT2D eigenvalue weighted by atomic mass is 16.5. The van der Waals surface area contributed by atoms with Crippen LogP contribution in [0.1, 0.15) is 19.8 Å². The Morgan fingerprint density at radius 2 is 2.45 bits per heavy atom. The predicted octanol–water partition coefficient (Wildman–Crippen LogP) is 2.81. The third-order valence-corrected chi connectivity index (χ3v) is 2.03. The zero-order chi connectivity index (χ0) is 8.16. The van der Waals surface area contributed by atoms with Gasteiger partial charge in [-0.3, -0.25) is 0 Å². The summed E-state index contributed by atoms with van der Waals surface area (Å²) in [4.78, 5) is 0. The highest BCUT2D eigenvalue weighted by molar-refractivity contribution is 5.18. The molecule has 11 heavy (non-hydrogen) atoms. The molecule has 1 aliphatic rings. The summed E-state index contributed by atoms with van der Waals surface area (Å²) in [5.41, 5.74) is -0.115. The molecule has 1 heteroatoms. The van der Waals surface area contributed by atoms with E-state index >= 15 is 0 Å². The maximum atomic E-state index is 5.45. The van der Waals surface area contributed by atoms with Crippen LogP contribution in [0.15, 0.2) is 37.1 Å². The van der Waals surface area contributed by atoms with Crippen LogP contribution in [0.4, 0.5) is 0 Å². The fourth-order valence-corrected chi connectivity index (χ4v) is 1.24. The van der Waals surface area contributed by atoms with E-state index in [0.29, 0.717) is 0 Å². The summed E-state index contributed by atoms with van der Waals surface area (Å²) in [6, 6.07) is 0. The van der Waals surface area contributed by atoms with Crippen LogP contribution in [0.3, 0.4) is 0 Å². The molecule has 0 aliphatic heterocycles. The van der Waals surface area contributed by atoms with Crippen molar-refractivity contribution >= 4 is 0 Å². The van der Waals surface area contributed by atoms with E-state index in [1.165, 1.54) is 6.26 Å². The molecule has 0 amide bonds. The van der Waals surface area contributed by atoms with Gasteiger partial charge in [0.15, 0.2) is 0 Å². The minimum absolute atomic E-state index is 0.115. The second-order valence-corrected chi connectivity index (χ2v) is 2.69. The minimum atomic E-state index is -0.115. The predicted molar refractivity (Wildman–Crippen MR) is 47.2 cm³/mol. The summed E-state index contributed by atoms with van der Waals surface area (Å²) >= 11 is 0. The van der Waals surface area contributed by atoms with E-state index in [4.69, 9.17) is 4.74 Å². The summed E-state index contributed by atoms with van der Waals surface area (Å²) in [7, 11) is 0. The molecule has 1 atom stereocenters. The lowest BCUT2D eigenvalue weighted by molar-refractivity contribution is 0.0666. The summed E-state index contributed by atoms with van der Waals surface area (Å²) in [5, 5.41) is 0. The van der Waals surface area contributed by atoms with Crippen LogP contribution in [0.2, 0.25) is 0 Å². The molecule has 1 unspecified atom stereocenters. The van der Waals surface area contributed by atoms with Crippen molar-refractivity contribution in [3.8, 4) is 0 Å². The Kier molecular flexibility index (Phi) is 2.53. The SMILES string of the molecule is C=COC1(CC)C=CC=CC1. The lowest BCUT2D eigenvalue weighted by Crippen LogP contribution is -2.27. The van der Waals surface area contributed by atoms with Gasteiger partial charge in [0.1, 0.15) is 5.60 Å². The average Bonchev–Trinajstić information content (AvgIpc) is 2.07. The van der Waals surface area contributed by atoms with Gasteiger partial charge in [-0.25, -0.2) is 0 Å². The van der Waals surface area contributed by atoms with Crippen molar-refractivity contribution in [3.05, 3.63) is 37.1 Å². The number of hydrogen-bond acceptors (Lipinski definition) is 1. The van der Waals surface area contributed by atoms with Crippen LogP contribution in [0.25, 0.3) is 0 Å². The van der Waals surface area contributed by atoms with Crippen molar-refractivity contribution in [1.29, 1.82) is 0 Å². The maximum Gasteiger partial charge on any atom is 0.130 e. The van der Waals surface area contributed by atoms with Crippen molar-refractivity contribution < 1.29 is 4.74 Å². The van der Waals surface area contributed by atoms with Gasteiger partial charge in [-0.2, -0.15) is 0 Å². The number of rotatable bonds is 3. The van der Waals surface area contributed by atoms with Gasteiger partial charge in [-0.15, -0.1) is 0 Å². The Morgan fingerprint density at radius 1 is 1.64 bits per heavy atom. The van der Waals surface area contributed by atoms with Crippen molar-refractivity contribution in [2.75, 3.05) is 0 Å². The van der Waals surface area contributed by atoms with Gasteiger partial charge in [0.2, 0.25) is 0 Å². The monoisotopic (exact) mass is 150 g/mol. The molecule has 0 fully saturated rings. The van der Waals surface area contributed by atoms with E-state index < -0.39 is 0 Å². The molecule has 0 saturated carbocycles. The molecule has 0 radical (unpaired) electrons. The first-order valence-corrected chi connectivity index (χ1v) is 3.96. The number of ether oxygens (including phenoxy) is 1. The Hall–Kier alpha value is -0.980. The Balaban J connectivity index is 2.67. The van der Waals surface area contributed by atoms with E-state index in [2.05, 4.69) is 25.7 Å². The van der Waals surface area contributed by atoms with Crippen LogP contribution < -0.4 is 0 Å². The van der Waals surface area contributed by atoms with Crippen LogP contribution in [0.5, 0.6) is 0 Å². The molecule has 0 heterocycles. The lowest BCUT2D eigenvalue weighted by Gasteiger charge is -2.28. The highest BCUT2D eigenvalue weighted by Crippen LogP contribution is 2.25. The first-order chi connectivity index (χ1) is 5.33. The zero-order valence-corrected chi connectivity index (χ0v) is 6.92. The van der Waals surface area contributed by atoms with Gasteiger partial charge in [0, 0.05) is 6.42 Å². The van der Waals surface area contributed by atoms with Gasteiger partial charge in [-0.05, 0) is 12.5 Å². The van der Waals surface area contributed by atoms with Crippen molar-refractivity contribution in [1.82, 2.24) is 0 Å². The van der Waals surface area contributed by atoms with E-state index in [9.17, 15) is 0 Å². The van der Waals surface area contributed by atoms with E-state index in [1.807, 2.05) is 12.2 Å². The van der Waals surface area contributed by atoms with E-state index in [-0.39, 0.29) is 5.60 Å². The Bertz CT molecular complexity index is 187. The van der Waals surface area contributed by atoms with Gasteiger partial charge in [-0.1, -0.05) is 31.7 Å². The molecule has 0 aromatic rings. The van der Waals surface area contributed by atoms with Crippen molar-refractivity contribution in [2.24, 2.45) is 0 Å².